The predicted octanol–water partition coefficient (Wildman–Crippen LogP) is 3.14. The van der Waals surface area contributed by atoms with Gasteiger partial charge < -0.3 is 10.0 Å². The van der Waals surface area contributed by atoms with Gasteiger partial charge >= 0.3 is 5.97 Å². The molecular weight excluding hydrogens is 282 g/mol. The average molecular weight is 298 g/mol. The lowest BCUT2D eigenvalue weighted by Gasteiger charge is -2.39. The summed E-state index contributed by atoms with van der Waals surface area (Å²) < 4.78 is 1.02. The molecule has 1 aromatic rings. The molecule has 0 bridgehead atoms. The number of aliphatic carboxylic acids is 1. The summed E-state index contributed by atoms with van der Waals surface area (Å²) in [5.74, 6) is -0.700. The van der Waals surface area contributed by atoms with Crippen LogP contribution in [0.1, 0.15) is 19.8 Å². The summed E-state index contributed by atoms with van der Waals surface area (Å²) in [6, 6.07) is 7.96. The molecule has 1 aromatic carbocycles. The first-order valence-corrected chi connectivity index (χ1v) is 6.55. The quantitative estimate of drug-likeness (QED) is 0.912. The zero-order valence-electron chi connectivity index (χ0n) is 9.82. The minimum Gasteiger partial charge on any atom is -0.481 e. The fraction of sp³-hybridized carbons (Fsp3) is 0.462. The highest BCUT2D eigenvalue weighted by molar-refractivity contribution is 9.10. The van der Waals surface area contributed by atoms with Gasteiger partial charge in [-0.2, -0.15) is 0 Å². The van der Waals surface area contributed by atoms with Crippen molar-refractivity contribution in [3.8, 4) is 0 Å². The van der Waals surface area contributed by atoms with Crippen molar-refractivity contribution in [3.05, 3.63) is 28.7 Å². The van der Waals surface area contributed by atoms with Crippen LogP contribution in [0, 0.1) is 5.41 Å². The Labute approximate surface area is 110 Å². The summed E-state index contributed by atoms with van der Waals surface area (Å²) in [6.07, 6.45) is 1.67. The van der Waals surface area contributed by atoms with Crippen molar-refractivity contribution in [1.29, 1.82) is 0 Å². The summed E-state index contributed by atoms with van der Waals surface area (Å²) in [5, 5.41) is 9.29. The average Bonchev–Trinajstić information content (AvgIpc) is 2.29. The highest BCUT2D eigenvalue weighted by Crippen LogP contribution is 2.35. The molecule has 0 amide bonds. The van der Waals surface area contributed by atoms with E-state index in [0.29, 0.717) is 6.54 Å². The van der Waals surface area contributed by atoms with E-state index in [2.05, 4.69) is 20.8 Å². The molecule has 1 N–H and O–H groups in total. The number of nitrogens with zero attached hydrogens (tertiary/aromatic N) is 1. The van der Waals surface area contributed by atoms with Crippen LogP contribution in [0.15, 0.2) is 28.7 Å². The summed E-state index contributed by atoms with van der Waals surface area (Å²) in [4.78, 5) is 13.5. The van der Waals surface area contributed by atoms with Crippen LogP contribution < -0.4 is 4.90 Å². The fourth-order valence-corrected chi connectivity index (χ4v) is 2.86. The number of hydrogen-bond donors (Lipinski definition) is 1. The first kappa shape index (κ1) is 12.4. The number of para-hydroxylation sites is 1. The van der Waals surface area contributed by atoms with E-state index in [1.807, 2.05) is 31.2 Å². The molecule has 0 aromatic heterocycles. The lowest BCUT2D eigenvalue weighted by atomic mass is 9.82. The number of rotatable bonds is 2. The maximum Gasteiger partial charge on any atom is 0.311 e. The number of hydrogen-bond acceptors (Lipinski definition) is 2. The minimum atomic E-state index is -0.700. The van der Waals surface area contributed by atoms with Gasteiger partial charge in [-0.05, 0) is 47.8 Å². The first-order valence-electron chi connectivity index (χ1n) is 5.76. The number of benzene rings is 1. The molecule has 1 aliphatic rings. The normalized spacial score (nSPS) is 24.7. The van der Waals surface area contributed by atoms with E-state index in [0.717, 1.165) is 29.5 Å². The largest absolute Gasteiger partial charge is 0.481 e. The van der Waals surface area contributed by atoms with Gasteiger partial charge in [0, 0.05) is 17.6 Å². The predicted molar refractivity (Wildman–Crippen MR) is 71.3 cm³/mol. The number of anilines is 1. The summed E-state index contributed by atoms with van der Waals surface area (Å²) in [5.41, 5.74) is 0.452. The van der Waals surface area contributed by atoms with E-state index in [9.17, 15) is 9.90 Å². The van der Waals surface area contributed by atoms with E-state index in [-0.39, 0.29) is 0 Å². The third-order valence-corrected chi connectivity index (χ3v) is 4.08. The molecule has 1 heterocycles. The maximum absolute atomic E-state index is 11.3. The van der Waals surface area contributed by atoms with Crippen molar-refractivity contribution in [2.24, 2.45) is 5.41 Å². The molecule has 0 radical (unpaired) electrons. The van der Waals surface area contributed by atoms with E-state index < -0.39 is 11.4 Å². The molecule has 17 heavy (non-hydrogen) atoms. The van der Waals surface area contributed by atoms with Gasteiger partial charge in [-0.3, -0.25) is 4.79 Å². The lowest BCUT2D eigenvalue weighted by Crippen LogP contribution is -2.46. The van der Waals surface area contributed by atoms with E-state index in [1.54, 1.807) is 0 Å². The zero-order chi connectivity index (χ0) is 12.5. The standard InChI is InChI=1S/C13H16BrNO2/c1-13(12(16)17)7-4-8-15(9-13)11-6-3-2-5-10(11)14/h2-3,5-6H,4,7-9H2,1H3,(H,16,17). The van der Waals surface area contributed by atoms with Crippen LogP contribution >= 0.6 is 15.9 Å². The SMILES string of the molecule is CC1(C(=O)O)CCCN(c2ccccc2Br)C1. The van der Waals surface area contributed by atoms with Gasteiger partial charge in [0.2, 0.25) is 0 Å². The monoisotopic (exact) mass is 297 g/mol. The van der Waals surface area contributed by atoms with Crippen molar-refractivity contribution in [2.75, 3.05) is 18.0 Å². The van der Waals surface area contributed by atoms with Gasteiger partial charge in [0.15, 0.2) is 0 Å². The molecule has 1 unspecified atom stereocenters. The van der Waals surface area contributed by atoms with E-state index >= 15 is 0 Å². The van der Waals surface area contributed by atoms with E-state index in [4.69, 9.17) is 0 Å². The Bertz CT molecular complexity index is 435. The molecule has 4 heteroatoms. The molecule has 0 saturated carbocycles. The van der Waals surface area contributed by atoms with Crippen LogP contribution in [0.2, 0.25) is 0 Å². The Morgan fingerprint density at radius 2 is 2.18 bits per heavy atom. The van der Waals surface area contributed by atoms with Crippen LogP contribution in [0.4, 0.5) is 5.69 Å². The topological polar surface area (TPSA) is 40.5 Å². The Balaban J connectivity index is 2.24. The number of halogens is 1. The third kappa shape index (κ3) is 2.46. The van der Waals surface area contributed by atoms with Crippen LogP contribution in [0.25, 0.3) is 0 Å². The summed E-state index contributed by atoms with van der Waals surface area (Å²) >= 11 is 3.52. The van der Waals surface area contributed by atoms with Gasteiger partial charge in [-0.1, -0.05) is 12.1 Å². The Kier molecular flexibility index (Phi) is 3.43. The molecule has 0 spiro atoms. The Hall–Kier alpha value is -1.03. The molecule has 1 saturated heterocycles. The first-order chi connectivity index (χ1) is 8.03. The molecular formula is C13H16BrNO2. The van der Waals surface area contributed by atoms with Crippen molar-refractivity contribution in [1.82, 2.24) is 0 Å². The Morgan fingerprint density at radius 1 is 1.47 bits per heavy atom. The molecule has 1 aliphatic heterocycles. The smallest absolute Gasteiger partial charge is 0.311 e. The second kappa shape index (κ2) is 4.69. The molecule has 0 aliphatic carbocycles. The van der Waals surface area contributed by atoms with Crippen LogP contribution in [-0.4, -0.2) is 24.2 Å². The van der Waals surface area contributed by atoms with Crippen LogP contribution in [0.5, 0.6) is 0 Å². The highest BCUT2D eigenvalue weighted by atomic mass is 79.9. The molecule has 92 valence electrons. The molecule has 2 rings (SSSR count). The Morgan fingerprint density at radius 3 is 2.82 bits per heavy atom. The van der Waals surface area contributed by atoms with Gasteiger partial charge in [0.05, 0.1) is 11.1 Å². The second-order valence-electron chi connectivity index (χ2n) is 4.84. The zero-order valence-corrected chi connectivity index (χ0v) is 11.4. The van der Waals surface area contributed by atoms with Crippen molar-refractivity contribution < 1.29 is 9.90 Å². The van der Waals surface area contributed by atoms with Crippen molar-refractivity contribution >= 4 is 27.6 Å². The second-order valence-corrected chi connectivity index (χ2v) is 5.70. The highest BCUT2D eigenvalue weighted by Gasteiger charge is 2.38. The summed E-state index contributed by atoms with van der Waals surface area (Å²) in [7, 11) is 0. The van der Waals surface area contributed by atoms with Crippen LogP contribution in [-0.2, 0) is 4.79 Å². The summed E-state index contributed by atoms with van der Waals surface area (Å²) in [6.45, 7) is 3.33. The van der Waals surface area contributed by atoms with Crippen molar-refractivity contribution in [2.45, 2.75) is 19.8 Å². The van der Waals surface area contributed by atoms with Gasteiger partial charge in [0.1, 0.15) is 0 Å². The number of carbonyl (C=O) groups is 1. The van der Waals surface area contributed by atoms with Crippen molar-refractivity contribution in [3.63, 3.8) is 0 Å². The minimum absolute atomic E-state index is 0.574. The molecule has 1 atom stereocenters. The van der Waals surface area contributed by atoms with Gasteiger partial charge in [0.25, 0.3) is 0 Å². The number of carboxylic acid groups (broad SMARTS) is 1. The van der Waals surface area contributed by atoms with E-state index in [1.165, 1.54) is 0 Å². The number of piperidine rings is 1. The third-order valence-electron chi connectivity index (χ3n) is 3.41. The molecule has 1 fully saturated rings. The van der Waals surface area contributed by atoms with Crippen LogP contribution in [0.3, 0.4) is 0 Å². The fourth-order valence-electron chi connectivity index (χ4n) is 2.33. The number of carboxylic acids is 1. The maximum atomic E-state index is 11.3. The van der Waals surface area contributed by atoms with Gasteiger partial charge in [-0.25, -0.2) is 0 Å². The lowest BCUT2D eigenvalue weighted by molar-refractivity contribution is -0.148. The van der Waals surface area contributed by atoms with Gasteiger partial charge in [-0.15, -0.1) is 0 Å². The molecule has 3 nitrogen and oxygen atoms in total.